The Bertz CT molecular complexity index is 512. The van der Waals surface area contributed by atoms with Gasteiger partial charge in [0, 0.05) is 6.54 Å². The number of nitrogens with two attached hydrogens (primary N) is 1. The monoisotopic (exact) mass is 285 g/mol. The van der Waals surface area contributed by atoms with Gasteiger partial charge in [0.15, 0.2) is 0 Å². The van der Waals surface area contributed by atoms with Crippen LogP contribution in [-0.2, 0) is 16.4 Å². The molecule has 1 aromatic carbocycles. The molecule has 0 atom stereocenters. The van der Waals surface area contributed by atoms with Crippen LogP contribution in [0.1, 0.15) is 18.9 Å². The van der Waals surface area contributed by atoms with Gasteiger partial charge in [0.2, 0.25) is 0 Å². The summed E-state index contributed by atoms with van der Waals surface area (Å²) in [6, 6.07) is 5.57. The SMILES string of the molecule is CCCNC(=O)NS(=O)(=O)c1ccc(CCN)cc1. The van der Waals surface area contributed by atoms with Crippen molar-refractivity contribution in [2.75, 3.05) is 13.1 Å². The molecule has 0 aliphatic heterocycles. The van der Waals surface area contributed by atoms with Gasteiger partial charge < -0.3 is 11.1 Å². The van der Waals surface area contributed by atoms with Crippen molar-refractivity contribution in [2.45, 2.75) is 24.7 Å². The summed E-state index contributed by atoms with van der Waals surface area (Å²) < 4.78 is 25.7. The quantitative estimate of drug-likeness (QED) is 0.711. The summed E-state index contributed by atoms with van der Waals surface area (Å²) in [5, 5.41) is 2.44. The molecule has 0 fully saturated rings. The lowest BCUT2D eigenvalue weighted by atomic mass is 10.2. The van der Waals surface area contributed by atoms with Crippen molar-refractivity contribution in [2.24, 2.45) is 5.73 Å². The fraction of sp³-hybridized carbons (Fsp3) is 0.417. The molecule has 0 spiro atoms. The highest BCUT2D eigenvalue weighted by molar-refractivity contribution is 7.90. The standard InChI is InChI=1S/C12H19N3O3S/c1-2-9-14-12(16)15-19(17,18)11-5-3-10(4-6-11)7-8-13/h3-6H,2,7-9,13H2,1H3,(H2,14,15,16). The third-order valence-corrected chi connectivity index (χ3v) is 3.78. The van der Waals surface area contributed by atoms with Gasteiger partial charge in [-0.2, -0.15) is 0 Å². The van der Waals surface area contributed by atoms with Gasteiger partial charge in [-0.05, 0) is 37.1 Å². The number of rotatable bonds is 6. The van der Waals surface area contributed by atoms with E-state index in [9.17, 15) is 13.2 Å². The van der Waals surface area contributed by atoms with Crippen molar-refractivity contribution in [1.82, 2.24) is 10.0 Å². The summed E-state index contributed by atoms with van der Waals surface area (Å²) in [7, 11) is -3.81. The normalized spacial score (nSPS) is 11.1. The zero-order chi connectivity index (χ0) is 14.3. The lowest BCUT2D eigenvalue weighted by Gasteiger charge is -2.08. The maximum absolute atomic E-state index is 11.9. The Hall–Kier alpha value is -1.60. The first-order chi connectivity index (χ1) is 8.99. The molecule has 0 aromatic heterocycles. The van der Waals surface area contributed by atoms with Crippen molar-refractivity contribution in [1.29, 1.82) is 0 Å². The van der Waals surface area contributed by atoms with Gasteiger partial charge in [0.25, 0.3) is 10.0 Å². The smallest absolute Gasteiger partial charge is 0.328 e. The maximum Gasteiger partial charge on any atom is 0.328 e. The Morgan fingerprint density at radius 3 is 2.42 bits per heavy atom. The van der Waals surface area contributed by atoms with Gasteiger partial charge in [-0.15, -0.1) is 0 Å². The molecule has 1 rings (SSSR count). The fourth-order valence-corrected chi connectivity index (χ4v) is 2.39. The molecule has 4 N–H and O–H groups in total. The van der Waals surface area contributed by atoms with Gasteiger partial charge in [0.05, 0.1) is 4.90 Å². The summed E-state index contributed by atoms with van der Waals surface area (Å²) in [5.74, 6) is 0. The predicted octanol–water partition coefficient (Wildman–Crippen LogP) is 0.586. The summed E-state index contributed by atoms with van der Waals surface area (Å²) in [5.41, 5.74) is 6.37. The second-order valence-corrected chi connectivity index (χ2v) is 5.73. The number of hydrogen-bond donors (Lipinski definition) is 3. The average molecular weight is 285 g/mol. The van der Waals surface area contributed by atoms with E-state index in [4.69, 9.17) is 5.73 Å². The minimum absolute atomic E-state index is 0.0555. The van der Waals surface area contributed by atoms with Gasteiger partial charge in [0.1, 0.15) is 0 Å². The molecule has 2 amide bonds. The molecule has 7 heteroatoms. The number of nitrogens with one attached hydrogen (secondary N) is 2. The van der Waals surface area contributed by atoms with Crippen LogP contribution >= 0.6 is 0 Å². The number of sulfonamides is 1. The first-order valence-corrected chi connectivity index (χ1v) is 7.57. The third kappa shape index (κ3) is 4.88. The molecule has 0 heterocycles. The van der Waals surface area contributed by atoms with E-state index in [1.807, 2.05) is 11.6 Å². The average Bonchev–Trinajstić information content (AvgIpc) is 2.37. The van der Waals surface area contributed by atoms with E-state index in [-0.39, 0.29) is 4.90 Å². The molecular weight excluding hydrogens is 266 g/mol. The molecular formula is C12H19N3O3S. The van der Waals surface area contributed by atoms with Crippen molar-refractivity contribution in [3.05, 3.63) is 29.8 Å². The van der Waals surface area contributed by atoms with Crippen molar-refractivity contribution < 1.29 is 13.2 Å². The van der Waals surface area contributed by atoms with Crippen LogP contribution in [-0.4, -0.2) is 27.5 Å². The largest absolute Gasteiger partial charge is 0.337 e. The number of urea groups is 1. The first kappa shape index (κ1) is 15.5. The van der Waals surface area contributed by atoms with Crippen LogP contribution in [0.15, 0.2) is 29.2 Å². The Labute approximate surface area is 113 Å². The number of carbonyl (C=O) groups excluding carboxylic acids is 1. The molecule has 0 unspecified atom stereocenters. The van der Waals surface area contributed by atoms with E-state index in [1.165, 1.54) is 12.1 Å². The molecule has 0 aliphatic carbocycles. The Morgan fingerprint density at radius 1 is 1.26 bits per heavy atom. The van der Waals surface area contributed by atoms with Crippen LogP contribution in [0.5, 0.6) is 0 Å². The van der Waals surface area contributed by atoms with Crippen molar-refractivity contribution in [3.63, 3.8) is 0 Å². The van der Waals surface area contributed by atoms with Crippen LogP contribution in [0, 0.1) is 0 Å². The summed E-state index contributed by atoms with van der Waals surface area (Å²) >= 11 is 0. The summed E-state index contributed by atoms with van der Waals surface area (Å²) in [4.78, 5) is 11.4. The zero-order valence-electron chi connectivity index (χ0n) is 10.8. The first-order valence-electron chi connectivity index (χ1n) is 6.09. The second kappa shape index (κ2) is 7.10. The minimum atomic E-state index is -3.81. The maximum atomic E-state index is 11.9. The van der Waals surface area contributed by atoms with Crippen LogP contribution in [0.4, 0.5) is 4.79 Å². The van der Waals surface area contributed by atoms with Crippen LogP contribution in [0.3, 0.4) is 0 Å². The highest BCUT2D eigenvalue weighted by Crippen LogP contribution is 2.10. The lowest BCUT2D eigenvalue weighted by molar-refractivity contribution is 0.246. The molecule has 0 saturated carbocycles. The molecule has 6 nitrogen and oxygen atoms in total. The van der Waals surface area contributed by atoms with E-state index < -0.39 is 16.1 Å². The van der Waals surface area contributed by atoms with Gasteiger partial charge in [-0.3, -0.25) is 0 Å². The molecule has 19 heavy (non-hydrogen) atoms. The highest BCUT2D eigenvalue weighted by Gasteiger charge is 2.16. The Kier molecular flexibility index (Phi) is 5.78. The summed E-state index contributed by atoms with van der Waals surface area (Å²) in [6.45, 7) is 2.81. The second-order valence-electron chi connectivity index (χ2n) is 4.04. The van der Waals surface area contributed by atoms with E-state index >= 15 is 0 Å². The van der Waals surface area contributed by atoms with Gasteiger partial charge in [-0.1, -0.05) is 19.1 Å². The molecule has 1 aromatic rings. The molecule has 0 radical (unpaired) electrons. The molecule has 106 valence electrons. The number of carbonyl (C=O) groups is 1. The van der Waals surface area contributed by atoms with E-state index in [1.54, 1.807) is 12.1 Å². The van der Waals surface area contributed by atoms with Gasteiger partial charge >= 0.3 is 6.03 Å². The van der Waals surface area contributed by atoms with Crippen LogP contribution in [0.25, 0.3) is 0 Å². The number of hydrogen-bond acceptors (Lipinski definition) is 4. The zero-order valence-corrected chi connectivity index (χ0v) is 11.7. The highest BCUT2D eigenvalue weighted by atomic mass is 32.2. The minimum Gasteiger partial charge on any atom is -0.337 e. The molecule has 0 bridgehead atoms. The van der Waals surface area contributed by atoms with E-state index in [0.717, 1.165) is 12.0 Å². The third-order valence-electron chi connectivity index (χ3n) is 2.43. The van der Waals surface area contributed by atoms with E-state index in [2.05, 4.69) is 5.32 Å². The predicted molar refractivity (Wildman–Crippen MR) is 73.2 cm³/mol. The van der Waals surface area contributed by atoms with Gasteiger partial charge in [-0.25, -0.2) is 17.9 Å². The lowest BCUT2D eigenvalue weighted by Crippen LogP contribution is -2.39. The van der Waals surface area contributed by atoms with Crippen LogP contribution in [0.2, 0.25) is 0 Å². The van der Waals surface area contributed by atoms with Crippen molar-refractivity contribution >= 4 is 16.1 Å². The number of amides is 2. The topological polar surface area (TPSA) is 101 Å². The Morgan fingerprint density at radius 2 is 1.89 bits per heavy atom. The molecule has 0 aliphatic rings. The molecule has 0 saturated heterocycles. The number of benzene rings is 1. The summed E-state index contributed by atoms with van der Waals surface area (Å²) in [6.07, 6.45) is 1.42. The Balaban J connectivity index is 2.74. The fourth-order valence-electron chi connectivity index (χ4n) is 1.46. The van der Waals surface area contributed by atoms with Crippen LogP contribution < -0.4 is 15.8 Å². The van der Waals surface area contributed by atoms with Crippen molar-refractivity contribution in [3.8, 4) is 0 Å². The van der Waals surface area contributed by atoms with E-state index in [0.29, 0.717) is 19.5 Å².